The molecule has 0 radical (unpaired) electrons. The van der Waals surface area contributed by atoms with Gasteiger partial charge in [0.05, 0.1) is 20.1 Å². The maximum absolute atomic E-state index is 2.53. The van der Waals surface area contributed by atoms with Gasteiger partial charge in [-0.25, -0.2) is 0 Å². The fourth-order valence-corrected chi connectivity index (χ4v) is 2.81. The minimum Gasteiger partial charge on any atom is -1.00 e. The highest BCUT2D eigenvalue weighted by Gasteiger charge is 2.29. The minimum absolute atomic E-state index is 0. The topological polar surface area (TPSA) is 7.68 Å². The molecule has 3 heteroatoms. The first kappa shape index (κ1) is 17.2. The van der Waals surface area contributed by atoms with E-state index in [9.17, 15) is 0 Å². The fraction of sp³-hybridized carbons (Fsp3) is 1.00. The van der Waals surface area contributed by atoms with E-state index < -0.39 is 0 Å². The Labute approximate surface area is 114 Å². The molecule has 2 atom stereocenters. The fourth-order valence-electron chi connectivity index (χ4n) is 2.81. The second-order valence-corrected chi connectivity index (χ2v) is 5.50. The SMILES string of the molecule is CCCCCCCCCC1N(C)CC[NH+]1C.[Cl-]. The van der Waals surface area contributed by atoms with Crippen LogP contribution in [0.4, 0.5) is 0 Å². The van der Waals surface area contributed by atoms with Crippen molar-refractivity contribution in [2.75, 3.05) is 27.2 Å². The van der Waals surface area contributed by atoms with E-state index >= 15 is 0 Å². The molecular formula is C14H31ClN2. The summed E-state index contributed by atoms with van der Waals surface area (Å²) in [6.07, 6.45) is 12.2. The second-order valence-electron chi connectivity index (χ2n) is 5.50. The summed E-state index contributed by atoms with van der Waals surface area (Å²) >= 11 is 0. The van der Waals surface area contributed by atoms with Crippen LogP contribution in [0.3, 0.4) is 0 Å². The summed E-state index contributed by atoms with van der Waals surface area (Å²) in [5.41, 5.74) is 0. The van der Waals surface area contributed by atoms with Crippen LogP contribution in [0.5, 0.6) is 0 Å². The van der Waals surface area contributed by atoms with E-state index in [4.69, 9.17) is 0 Å². The molecule has 0 amide bonds. The Kier molecular flexibility index (Phi) is 10.3. The van der Waals surface area contributed by atoms with Crippen LogP contribution in [0.15, 0.2) is 0 Å². The van der Waals surface area contributed by atoms with Gasteiger partial charge in [-0.05, 0) is 13.5 Å². The van der Waals surface area contributed by atoms with Gasteiger partial charge in [0, 0.05) is 6.42 Å². The zero-order chi connectivity index (χ0) is 11.8. The van der Waals surface area contributed by atoms with E-state index in [0.29, 0.717) is 0 Å². The largest absolute Gasteiger partial charge is 1.00 e. The highest BCUT2D eigenvalue weighted by molar-refractivity contribution is 4.63. The number of likely N-dealkylation sites (N-methyl/N-ethyl adjacent to an activating group) is 2. The maximum Gasteiger partial charge on any atom is 0.143 e. The summed E-state index contributed by atoms with van der Waals surface area (Å²) in [5, 5.41) is 0. The average Bonchev–Trinajstić information content (AvgIpc) is 2.59. The highest BCUT2D eigenvalue weighted by Crippen LogP contribution is 2.10. The number of hydrogen-bond donors (Lipinski definition) is 1. The van der Waals surface area contributed by atoms with Crippen molar-refractivity contribution in [3.63, 3.8) is 0 Å². The summed E-state index contributed by atoms with van der Waals surface area (Å²) in [5.74, 6) is 0. The quantitative estimate of drug-likeness (QED) is 0.547. The number of nitrogens with one attached hydrogen (secondary N) is 1. The number of halogens is 1. The van der Waals surface area contributed by atoms with Crippen LogP contribution in [0.1, 0.15) is 58.3 Å². The monoisotopic (exact) mass is 262 g/mol. The molecular weight excluding hydrogens is 232 g/mol. The molecule has 1 N–H and O–H groups in total. The number of nitrogens with zero attached hydrogens (tertiary/aromatic N) is 1. The standard InChI is InChI=1S/C14H30N2.ClH/c1-4-5-6-7-8-9-10-11-14-15(2)12-13-16(14)3;/h14H,4-13H2,1-3H3;1H. The Morgan fingerprint density at radius 1 is 1.06 bits per heavy atom. The lowest BCUT2D eigenvalue weighted by molar-refractivity contribution is -0.898. The molecule has 0 saturated carbocycles. The first-order valence-corrected chi connectivity index (χ1v) is 7.28. The van der Waals surface area contributed by atoms with Crippen molar-refractivity contribution in [3.05, 3.63) is 0 Å². The molecule has 0 aromatic rings. The summed E-state index contributed by atoms with van der Waals surface area (Å²) in [6, 6.07) is 0. The third kappa shape index (κ3) is 6.64. The van der Waals surface area contributed by atoms with Gasteiger partial charge in [-0.1, -0.05) is 45.4 Å². The second kappa shape index (κ2) is 10.2. The molecule has 2 nitrogen and oxygen atoms in total. The first-order valence-electron chi connectivity index (χ1n) is 7.28. The van der Waals surface area contributed by atoms with Gasteiger partial charge in [0.2, 0.25) is 0 Å². The smallest absolute Gasteiger partial charge is 0.143 e. The Bertz CT molecular complexity index is 166. The van der Waals surface area contributed by atoms with E-state index in [1.54, 1.807) is 4.90 Å². The van der Waals surface area contributed by atoms with Crippen LogP contribution >= 0.6 is 0 Å². The molecule has 104 valence electrons. The van der Waals surface area contributed by atoms with Gasteiger partial charge in [-0.3, -0.25) is 4.90 Å². The van der Waals surface area contributed by atoms with Crippen molar-refractivity contribution < 1.29 is 17.3 Å². The predicted octanol–water partition coefficient (Wildman–Crippen LogP) is -1.08. The van der Waals surface area contributed by atoms with Crippen molar-refractivity contribution in [2.45, 2.75) is 64.5 Å². The Morgan fingerprint density at radius 3 is 2.18 bits per heavy atom. The number of hydrogen-bond acceptors (Lipinski definition) is 1. The van der Waals surface area contributed by atoms with Gasteiger partial charge in [0.25, 0.3) is 0 Å². The molecule has 2 unspecified atom stereocenters. The normalized spacial score (nSPS) is 24.9. The molecule has 1 aliphatic heterocycles. The lowest BCUT2D eigenvalue weighted by Gasteiger charge is -2.21. The van der Waals surface area contributed by atoms with Crippen LogP contribution in [0.25, 0.3) is 0 Å². The van der Waals surface area contributed by atoms with E-state index in [0.717, 1.165) is 6.17 Å². The molecule has 17 heavy (non-hydrogen) atoms. The van der Waals surface area contributed by atoms with Crippen molar-refractivity contribution in [2.24, 2.45) is 0 Å². The van der Waals surface area contributed by atoms with Crippen molar-refractivity contribution in [3.8, 4) is 0 Å². The van der Waals surface area contributed by atoms with Crippen LogP contribution in [-0.4, -0.2) is 38.3 Å². The van der Waals surface area contributed by atoms with E-state index in [2.05, 4.69) is 25.9 Å². The Hall–Kier alpha value is 0.210. The molecule has 1 saturated heterocycles. The molecule has 0 aromatic carbocycles. The third-order valence-corrected chi connectivity index (χ3v) is 4.04. The van der Waals surface area contributed by atoms with Gasteiger partial charge < -0.3 is 17.3 Å². The van der Waals surface area contributed by atoms with E-state index in [1.165, 1.54) is 64.5 Å². The number of quaternary nitrogens is 1. The Balaban J connectivity index is 0.00000256. The molecule has 1 heterocycles. The maximum atomic E-state index is 2.53. The van der Waals surface area contributed by atoms with Crippen LogP contribution in [0.2, 0.25) is 0 Å². The highest BCUT2D eigenvalue weighted by atomic mass is 35.5. The van der Waals surface area contributed by atoms with Crippen molar-refractivity contribution >= 4 is 0 Å². The number of unbranched alkanes of at least 4 members (excludes halogenated alkanes) is 6. The lowest BCUT2D eigenvalue weighted by Crippen LogP contribution is -3.11. The predicted molar refractivity (Wildman–Crippen MR) is 70.8 cm³/mol. The summed E-state index contributed by atoms with van der Waals surface area (Å²) < 4.78 is 0. The first-order chi connectivity index (χ1) is 7.75. The van der Waals surface area contributed by atoms with Crippen LogP contribution < -0.4 is 17.3 Å². The summed E-state index contributed by atoms with van der Waals surface area (Å²) in [4.78, 5) is 4.25. The molecule has 0 aromatic heterocycles. The summed E-state index contributed by atoms with van der Waals surface area (Å²) in [7, 11) is 4.62. The van der Waals surface area contributed by atoms with E-state index in [-0.39, 0.29) is 12.4 Å². The average molecular weight is 263 g/mol. The lowest BCUT2D eigenvalue weighted by atomic mass is 10.1. The molecule has 1 fully saturated rings. The zero-order valence-corrected chi connectivity index (χ0v) is 12.7. The number of rotatable bonds is 8. The molecule has 1 rings (SSSR count). The molecule has 0 bridgehead atoms. The molecule has 1 aliphatic rings. The van der Waals surface area contributed by atoms with Crippen molar-refractivity contribution in [1.82, 2.24) is 4.90 Å². The van der Waals surface area contributed by atoms with Gasteiger partial charge in [-0.15, -0.1) is 0 Å². The van der Waals surface area contributed by atoms with Crippen LogP contribution in [0, 0.1) is 0 Å². The third-order valence-electron chi connectivity index (χ3n) is 4.04. The van der Waals surface area contributed by atoms with Gasteiger partial charge in [-0.2, -0.15) is 0 Å². The van der Waals surface area contributed by atoms with Gasteiger partial charge in [0.1, 0.15) is 6.17 Å². The van der Waals surface area contributed by atoms with Gasteiger partial charge >= 0.3 is 0 Å². The minimum atomic E-state index is 0. The van der Waals surface area contributed by atoms with Crippen LogP contribution in [-0.2, 0) is 0 Å². The van der Waals surface area contributed by atoms with Crippen molar-refractivity contribution in [1.29, 1.82) is 0 Å². The zero-order valence-electron chi connectivity index (χ0n) is 12.0. The molecule has 0 aliphatic carbocycles. The van der Waals surface area contributed by atoms with Gasteiger partial charge in [0.15, 0.2) is 0 Å². The summed E-state index contributed by atoms with van der Waals surface area (Å²) in [6.45, 7) is 4.90. The molecule has 0 spiro atoms. The van der Waals surface area contributed by atoms with E-state index in [1.807, 2.05) is 0 Å². The Morgan fingerprint density at radius 2 is 1.65 bits per heavy atom.